The standard InChI is InChI=1S/C14H16N2.3C2H6/c1-4-10-16(11-5-1)14-13-7-3-2-6-12(13)8-9-15-14;3*1-2/h2-3,6-9H,1,4-5,10-11H2;3*1-2H3. The van der Waals surface area contributed by atoms with Crippen LogP contribution in [0.5, 0.6) is 0 Å². The van der Waals surface area contributed by atoms with Gasteiger partial charge in [-0.05, 0) is 30.7 Å². The Bertz CT molecular complexity index is 483. The van der Waals surface area contributed by atoms with Crippen LogP contribution in [0, 0.1) is 0 Å². The summed E-state index contributed by atoms with van der Waals surface area (Å²) >= 11 is 0. The molecule has 0 saturated carbocycles. The molecule has 0 aliphatic carbocycles. The molecule has 2 nitrogen and oxygen atoms in total. The molecule has 0 amide bonds. The van der Waals surface area contributed by atoms with Crippen LogP contribution in [0.3, 0.4) is 0 Å². The monoisotopic (exact) mass is 302 g/mol. The Balaban J connectivity index is 0.000000661. The average molecular weight is 303 g/mol. The van der Waals surface area contributed by atoms with Crippen LogP contribution < -0.4 is 4.90 Å². The van der Waals surface area contributed by atoms with Gasteiger partial charge in [-0.1, -0.05) is 65.8 Å². The summed E-state index contributed by atoms with van der Waals surface area (Å²) < 4.78 is 0. The molecule has 2 heteroatoms. The first-order valence-corrected chi connectivity index (χ1v) is 9.04. The fourth-order valence-corrected chi connectivity index (χ4v) is 2.46. The Morgan fingerprint density at radius 1 is 0.773 bits per heavy atom. The summed E-state index contributed by atoms with van der Waals surface area (Å²) in [5.74, 6) is 1.16. The molecule has 22 heavy (non-hydrogen) atoms. The lowest BCUT2D eigenvalue weighted by atomic mass is 10.1. The molecule has 1 aliphatic heterocycles. The molecular weight excluding hydrogens is 268 g/mol. The van der Waals surface area contributed by atoms with E-state index in [-0.39, 0.29) is 0 Å². The largest absolute Gasteiger partial charge is 0.356 e. The highest BCUT2D eigenvalue weighted by atomic mass is 15.2. The third-order valence-electron chi connectivity index (χ3n) is 3.31. The maximum absolute atomic E-state index is 4.56. The minimum Gasteiger partial charge on any atom is -0.356 e. The Morgan fingerprint density at radius 2 is 1.36 bits per heavy atom. The van der Waals surface area contributed by atoms with Gasteiger partial charge in [0.15, 0.2) is 0 Å². The van der Waals surface area contributed by atoms with Gasteiger partial charge >= 0.3 is 0 Å². The van der Waals surface area contributed by atoms with Crippen molar-refractivity contribution in [2.24, 2.45) is 0 Å². The Labute approximate surface area is 137 Å². The number of nitrogens with zero attached hydrogens (tertiary/aromatic N) is 2. The van der Waals surface area contributed by atoms with Gasteiger partial charge in [0.1, 0.15) is 5.82 Å². The molecule has 2 aromatic rings. The van der Waals surface area contributed by atoms with Crippen LogP contribution in [0.2, 0.25) is 0 Å². The number of piperidine rings is 1. The highest BCUT2D eigenvalue weighted by Gasteiger charge is 2.13. The minimum absolute atomic E-state index is 1.15. The number of aromatic nitrogens is 1. The highest BCUT2D eigenvalue weighted by molar-refractivity contribution is 5.92. The van der Waals surface area contributed by atoms with Crippen LogP contribution in [0.1, 0.15) is 60.8 Å². The number of pyridine rings is 1. The summed E-state index contributed by atoms with van der Waals surface area (Å²) in [4.78, 5) is 6.98. The van der Waals surface area contributed by atoms with E-state index in [1.54, 1.807) is 0 Å². The van der Waals surface area contributed by atoms with E-state index in [0.717, 1.165) is 18.9 Å². The van der Waals surface area contributed by atoms with E-state index in [9.17, 15) is 0 Å². The van der Waals surface area contributed by atoms with Crippen molar-refractivity contribution in [1.82, 2.24) is 4.98 Å². The summed E-state index contributed by atoms with van der Waals surface area (Å²) in [5, 5.41) is 2.57. The van der Waals surface area contributed by atoms with E-state index >= 15 is 0 Å². The van der Waals surface area contributed by atoms with Gasteiger partial charge in [-0.2, -0.15) is 0 Å². The highest BCUT2D eigenvalue weighted by Crippen LogP contribution is 2.26. The lowest BCUT2D eigenvalue weighted by Crippen LogP contribution is -2.30. The van der Waals surface area contributed by atoms with Crippen molar-refractivity contribution in [3.63, 3.8) is 0 Å². The van der Waals surface area contributed by atoms with Crippen LogP contribution in [0.25, 0.3) is 10.8 Å². The first kappa shape index (κ1) is 20.4. The van der Waals surface area contributed by atoms with Crippen molar-refractivity contribution >= 4 is 16.6 Å². The number of rotatable bonds is 1. The topological polar surface area (TPSA) is 16.1 Å². The summed E-state index contributed by atoms with van der Waals surface area (Å²) in [5.41, 5.74) is 0. The Hall–Kier alpha value is -1.57. The van der Waals surface area contributed by atoms with Gasteiger partial charge in [0.05, 0.1) is 0 Å². The van der Waals surface area contributed by atoms with Crippen LogP contribution in [0.15, 0.2) is 36.5 Å². The van der Waals surface area contributed by atoms with E-state index in [1.807, 2.05) is 47.7 Å². The van der Waals surface area contributed by atoms with Crippen LogP contribution in [0.4, 0.5) is 5.82 Å². The molecule has 1 saturated heterocycles. The second-order valence-electron chi connectivity index (χ2n) is 4.40. The van der Waals surface area contributed by atoms with Crippen molar-refractivity contribution in [3.05, 3.63) is 36.5 Å². The van der Waals surface area contributed by atoms with Crippen molar-refractivity contribution in [2.75, 3.05) is 18.0 Å². The third-order valence-corrected chi connectivity index (χ3v) is 3.31. The smallest absolute Gasteiger partial charge is 0.136 e. The normalized spacial score (nSPS) is 12.9. The van der Waals surface area contributed by atoms with E-state index in [2.05, 4.69) is 40.2 Å². The van der Waals surface area contributed by atoms with Crippen molar-refractivity contribution < 1.29 is 0 Å². The molecule has 124 valence electrons. The number of hydrogen-bond donors (Lipinski definition) is 0. The molecule has 0 N–H and O–H groups in total. The van der Waals surface area contributed by atoms with Crippen molar-refractivity contribution in [1.29, 1.82) is 0 Å². The van der Waals surface area contributed by atoms with Crippen LogP contribution in [-0.2, 0) is 0 Å². The molecule has 1 fully saturated rings. The molecule has 3 rings (SSSR count). The number of anilines is 1. The zero-order valence-electron chi connectivity index (χ0n) is 15.4. The molecule has 1 aromatic heterocycles. The lowest BCUT2D eigenvalue weighted by molar-refractivity contribution is 0.575. The molecule has 2 heterocycles. The van der Waals surface area contributed by atoms with Crippen LogP contribution >= 0.6 is 0 Å². The lowest BCUT2D eigenvalue weighted by Gasteiger charge is -2.28. The zero-order valence-corrected chi connectivity index (χ0v) is 15.4. The quantitative estimate of drug-likeness (QED) is 0.614. The van der Waals surface area contributed by atoms with Crippen molar-refractivity contribution in [2.45, 2.75) is 60.8 Å². The predicted octanol–water partition coefficient (Wildman–Crippen LogP) is 6.30. The van der Waals surface area contributed by atoms with E-state index in [0.29, 0.717) is 0 Å². The summed E-state index contributed by atoms with van der Waals surface area (Å²) in [6.07, 6.45) is 5.88. The van der Waals surface area contributed by atoms with Gasteiger partial charge in [0, 0.05) is 24.7 Å². The Morgan fingerprint density at radius 3 is 2.00 bits per heavy atom. The molecule has 1 aromatic carbocycles. The SMILES string of the molecule is CC.CC.CC.c1ccc2c(N3CCCCC3)nccc2c1. The molecule has 0 atom stereocenters. The number of fused-ring (bicyclic) bond motifs is 1. The van der Waals surface area contributed by atoms with Gasteiger partial charge in [-0.15, -0.1) is 0 Å². The van der Waals surface area contributed by atoms with E-state index < -0.39 is 0 Å². The van der Waals surface area contributed by atoms with Gasteiger partial charge in [0.2, 0.25) is 0 Å². The van der Waals surface area contributed by atoms with Gasteiger partial charge in [-0.3, -0.25) is 0 Å². The zero-order chi connectivity index (χ0) is 16.8. The molecule has 1 aliphatic rings. The fourth-order valence-electron chi connectivity index (χ4n) is 2.46. The maximum Gasteiger partial charge on any atom is 0.136 e. The van der Waals surface area contributed by atoms with Crippen LogP contribution in [-0.4, -0.2) is 18.1 Å². The molecule has 0 spiro atoms. The molecular formula is C20H34N2. The summed E-state index contributed by atoms with van der Waals surface area (Å²) in [6, 6.07) is 10.6. The number of benzene rings is 1. The summed E-state index contributed by atoms with van der Waals surface area (Å²) in [7, 11) is 0. The maximum atomic E-state index is 4.56. The van der Waals surface area contributed by atoms with Gasteiger partial charge < -0.3 is 4.90 Å². The first-order chi connectivity index (χ1) is 10.9. The fraction of sp³-hybridized carbons (Fsp3) is 0.550. The minimum atomic E-state index is 1.15. The summed E-state index contributed by atoms with van der Waals surface area (Å²) in [6.45, 7) is 14.3. The van der Waals surface area contributed by atoms with Crippen molar-refractivity contribution in [3.8, 4) is 0 Å². The van der Waals surface area contributed by atoms with E-state index in [1.165, 1.54) is 30.0 Å². The first-order valence-electron chi connectivity index (χ1n) is 9.04. The average Bonchev–Trinajstić information content (AvgIpc) is 2.67. The van der Waals surface area contributed by atoms with E-state index in [4.69, 9.17) is 0 Å². The predicted molar refractivity (Wildman–Crippen MR) is 102 cm³/mol. The molecule has 0 unspecified atom stereocenters. The molecule has 0 radical (unpaired) electrons. The molecule has 0 bridgehead atoms. The van der Waals surface area contributed by atoms with Gasteiger partial charge in [-0.25, -0.2) is 4.98 Å². The number of hydrogen-bond acceptors (Lipinski definition) is 2. The van der Waals surface area contributed by atoms with Gasteiger partial charge in [0.25, 0.3) is 0 Å². The third kappa shape index (κ3) is 5.67. The Kier molecular flexibility index (Phi) is 12.2. The second kappa shape index (κ2) is 13.1. The second-order valence-corrected chi connectivity index (χ2v) is 4.40.